The quantitative estimate of drug-likeness (QED) is 0.218. The van der Waals surface area contributed by atoms with E-state index in [1.165, 1.54) is 0 Å². The van der Waals surface area contributed by atoms with E-state index in [0.717, 1.165) is 20.0 Å². The molecule has 0 radical (unpaired) electrons. The molecular formula is C26H18Br2N4O3. The van der Waals surface area contributed by atoms with Crippen LogP contribution in [0, 0.1) is 0 Å². The number of azo groups is 1. The summed E-state index contributed by atoms with van der Waals surface area (Å²) in [6.45, 7) is 0. The molecule has 0 fully saturated rings. The van der Waals surface area contributed by atoms with Crippen LogP contribution in [0.4, 0.5) is 5.69 Å². The lowest BCUT2D eigenvalue weighted by atomic mass is 10.0. The molecule has 7 nitrogen and oxygen atoms in total. The molecular weight excluding hydrogens is 576 g/mol. The molecule has 0 aliphatic carbocycles. The Balaban J connectivity index is 1.64. The first kappa shape index (κ1) is 23.2. The predicted octanol–water partition coefficient (Wildman–Crippen LogP) is 7.56. The van der Waals surface area contributed by atoms with Gasteiger partial charge in [0.2, 0.25) is 5.88 Å². The van der Waals surface area contributed by atoms with Gasteiger partial charge >= 0.3 is 0 Å². The van der Waals surface area contributed by atoms with Crippen molar-refractivity contribution in [3.05, 3.63) is 81.2 Å². The van der Waals surface area contributed by atoms with Crippen LogP contribution in [0.5, 0.6) is 11.6 Å². The molecule has 0 atom stereocenters. The van der Waals surface area contributed by atoms with Gasteiger partial charge in [-0.2, -0.15) is 0 Å². The van der Waals surface area contributed by atoms with Crippen LogP contribution in [0.15, 0.2) is 85.9 Å². The van der Waals surface area contributed by atoms with Gasteiger partial charge in [-0.3, -0.25) is 4.79 Å². The van der Waals surface area contributed by atoms with Crippen LogP contribution in [-0.2, 0) is 7.05 Å². The minimum absolute atomic E-state index is 0.0774. The molecule has 3 aromatic carbocycles. The zero-order chi connectivity index (χ0) is 24.7. The minimum Gasteiger partial charge on any atom is -0.497 e. The van der Waals surface area contributed by atoms with Gasteiger partial charge in [0.1, 0.15) is 5.75 Å². The number of rotatable bonds is 4. The Morgan fingerprint density at radius 2 is 1.71 bits per heavy atom. The van der Waals surface area contributed by atoms with Gasteiger partial charge in [-0.05, 0) is 54.6 Å². The summed E-state index contributed by atoms with van der Waals surface area (Å²) in [6, 6.07) is 20.3. The van der Waals surface area contributed by atoms with Crippen molar-refractivity contribution < 1.29 is 14.6 Å². The SMILES string of the molecule is COc1ccc2nc(-c3ccc(Br)cc3)cc(C(=O)N=Nc3c(O)n(C)c4ccc(Br)cc34)c2c1. The number of hydrogen-bond donors (Lipinski definition) is 1. The number of aromatic nitrogens is 2. The number of nitrogens with zero attached hydrogens (tertiary/aromatic N) is 4. The monoisotopic (exact) mass is 592 g/mol. The summed E-state index contributed by atoms with van der Waals surface area (Å²) in [5, 5.41) is 20.0. The molecule has 0 saturated heterocycles. The Morgan fingerprint density at radius 1 is 0.971 bits per heavy atom. The standard InChI is InChI=1S/C26H18Br2N4O3/c1-32-23-10-7-16(28)11-20(23)24(26(32)34)30-31-25(33)19-13-22(14-3-5-15(27)6-4-14)29-21-9-8-17(35-2)12-18(19)21/h3-13,34H,1-2H3. The average Bonchev–Trinajstić information content (AvgIpc) is 3.10. The number of halogens is 2. The molecule has 9 heteroatoms. The zero-order valence-corrected chi connectivity index (χ0v) is 21.8. The molecule has 35 heavy (non-hydrogen) atoms. The predicted molar refractivity (Wildman–Crippen MR) is 143 cm³/mol. The average molecular weight is 594 g/mol. The lowest BCUT2D eigenvalue weighted by molar-refractivity contribution is 0.0996. The number of benzene rings is 3. The third-order valence-electron chi connectivity index (χ3n) is 5.73. The highest BCUT2D eigenvalue weighted by Crippen LogP contribution is 2.39. The van der Waals surface area contributed by atoms with Crippen molar-refractivity contribution in [2.45, 2.75) is 0 Å². The zero-order valence-electron chi connectivity index (χ0n) is 18.7. The summed E-state index contributed by atoms with van der Waals surface area (Å²) in [7, 11) is 3.28. The van der Waals surface area contributed by atoms with E-state index >= 15 is 0 Å². The maximum atomic E-state index is 13.4. The first-order valence-electron chi connectivity index (χ1n) is 10.5. The van der Waals surface area contributed by atoms with Crippen molar-refractivity contribution in [3.63, 3.8) is 0 Å². The van der Waals surface area contributed by atoms with E-state index in [-0.39, 0.29) is 11.6 Å². The number of hydrogen-bond acceptors (Lipinski definition) is 5. The van der Waals surface area contributed by atoms with E-state index in [1.807, 2.05) is 42.5 Å². The maximum Gasteiger partial charge on any atom is 0.296 e. The first-order valence-corrected chi connectivity index (χ1v) is 12.1. The number of carbonyl (C=O) groups excluding carboxylic acids is 1. The molecule has 2 heterocycles. The highest BCUT2D eigenvalue weighted by Gasteiger charge is 2.18. The fourth-order valence-corrected chi connectivity index (χ4v) is 4.53. The lowest BCUT2D eigenvalue weighted by Gasteiger charge is -2.09. The van der Waals surface area contributed by atoms with E-state index in [4.69, 9.17) is 9.72 Å². The van der Waals surface area contributed by atoms with Crippen LogP contribution < -0.4 is 4.74 Å². The Morgan fingerprint density at radius 3 is 2.46 bits per heavy atom. The largest absolute Gasteiger partial charge is 0.497 e. The maximum absolute atomic E-state index is 13.4. The fourth-order valence-electron chi connectivity index (χ4n) is 3.91. The molecule has 0 aliphatic heterocycles. The van der Waals surface area contributed by atoms with Crippen molar-refractivity contribution in [1.29, 1.82) is 0 Å². The van der Waals surface area contributed by atoms with Gasteiger partial charge in [-0.25, -0.2) is 4.98 Å². The second-order valence-corrected chi connectivity index (χ2v) is 9.67. The first-order chi connectivity index (χ1) is 16.9. The Bertz CT molecular complexity index is 1640. The molecule has 174 valence electrons. The molecule has 1 amide bonds. The van der Waals surface area contributed by atoms with Crippen LogP contribution in [0.25, 0.3) is 33.1 Å². The number of carbonyl (C=O) groups is 1. The topological polar surface area (TPSA) is 89.1 Å². The van der Waals surface area contributed by atoms with E-state index in [0.29, 0.717) is 33.3 Å². The fraction of sp³-hybridized carbons (Fsp3) is 0.0769. The van der Waals surface area contributed by atoms with E-state index in [9.17, 15) is 9.90 Å². The molecule has 0 bridgehead atoms. The van der Waals surface area contributed by atoms with Crippen LogP contribution in [-0.4, -0.2) is 27.7 Å². The van der Waals surface area contributed by atoms with E-state index in [2.05, 4.69) is 42.1 Å². The van der Waals surface area contributed by atoms with Gasteiger partial charge in [0, 0.05) is 32.3 Å². The number of aromatic hydroxyl groups is 1. The highest BCUT2D eigenvalue weighted by atomic mass is 79.9. The third-order valence-corrected chi connectivity index (χ3v) is 6.75. The third kappa shape index (κ3) is 4.33. The molecule has 2 aromatic heterocycles. The van der Waals surface area contributed by atoms with Crippen LogP contribution >= 0.6 is 31.9 Å². The van der Waals surface area contributed by atoms with Crippen molar-refractivity contribution in [1.82, 2.24) is 9.55 Å². The normalized spacial score (nSPS) is 11.5. The molecule has 5 aromatic rings. The second-order valence-electron chi connectivity index (χ2n) is 7.84. The van der Waals surface area contributed by atoms with Gasteiger partial charge in [-0.15, -0.1) is 10.2 Å². The molecule has 0 aliphatic rings. The van der Waals surface area contributed by atoms with Crippen molar-refractivity contribution in [2.75, 3.05) is 7.11 Å². The van der Waals surface area contributed by atoms with Gasteiger partial charge in [0.15, 0.2) is 5.69 Å². The summed E-state index contributed by atoms with van der Waals surface area (Å²) in [4.78, 5) is 18.1. The van der Waals surface area contributed by atoms with Gasteiger partial charge in [0.25, 0.3) is 5.91 Å². The van der Waals surface area contributed by atoms with Crippen molar-refractivity contribution in [3.8, 4) is 22.9 Å². The molecule has 0 unspecified atom stereocenters. The van der Waals surface area contributed by atoms with Crippen LogP contribution in [0.1, 0.15) is 10.4 Å². The van der Waals surface area contributed by atoms with Crippen molar-refractivity contribution in [2.24, 2.45) is 17.3 Å². The molecule has 0 saturated carbocycles. The smallest absolute Gasteiger partial charge is 0.296 e. The number of fused-ring (bicyclic) bond motifs is 2. The Hall–Kier alpha value is -3.56. The Labute approximate surface area is 217 Å². The number of aryl methyl sites for hydroxylation is 1. The van der Waals surface area contributed by atoms with Gasteiger partial charge < -0.3 is 14.4 Å². The second kappa shape index (κ2) is 9.24. The lowest BCUT2D eigenvalue weighted by Crippen LogP contribution is -1.99. The highest BCUT2D eigenvalue weighted by molar-refractivity contribution is 9.10. The molecule has 5 rings (SSSR count). The molecule has 0 spiro atoms. The minimum atomic E-state index is -0.560. The summed E-state index contributed by atoms with van der Waals surface area (Å²) < 4.78 is 8.72. The Kier molecular flexibility index (Phi) is 6.12. The van der Waals surface area contributed by atoms with Gasteiger partial charge in [-0.1, -0.05) is 44.0 Å². The van der Waals surface area contributed by atoms with E-state index < -0.39 is 5.91 Å². The van der Waals surface area contributed by atoms with Crippen LogP contribution in [0.3, 0.4) is 0 Å². The number of pyridine rings is 1. The number of methoxy groups -OCH3 is 1. The van der Waals surface area contributed by atoms with E-state index in [1.54, 1.807) is 43.0 Å². The number of amides is 1. The number of ether oxygens (including phenoxy) is 1. The summed E-state index contributed by atoms with van der Waals surface area (Å²) in [5.74, 6) is -0.0416. The van der Waals surface area contributed by atoms with Gasteiger partial charge in [0.05, 0.1) is 29.4 Å². The van der Waals surface area contributed by atoms with Crippen LogP contribution in [0.2, 0.25) is 0 Å². The van der Waals surface area contributed by atoms with Crippen molar-refractivity contribution >= 4 is 65.3 Å². The summed E-state index contributed by atoms with van der Waals surface area (Å²) in [6.07, 6.45) is 0. The summed E-state index contributed by atoms with van der Waals surface area (Å²) in [5.41, 5.74) is 3.43. The molecule has 1 N–H and O–H groups in total. The summed E-state index contributed by atoms with van der Waals surface area (Å²) >= 11 is 6.88.